The fraction of sp³-hybridized carbons (Fsp3) is 0.333. The zero-order valence-electron chi connectivity index (χ0n) is 20.7. The van der Waals surface area contributed by atoms with E-state index in [0.29, 0.717) is 36.8 Å². The highest BCUT2D eigenvalue weighted by Gasteiger charge is 2.24. The van der Waals surface area contributed by atoms with Gasteiger partial charge < -0.3 is 24.0 Å². The minimum Gasteiger partial charge on any atom is -0.497 e. The third-order valence-corrected chi connectivity index (χ3v) is 6.47. The maximum Gasteiger partial charge on any atom is 0.254 e. The molecule has 186 valence electrons. The first-order chi connectivity index (χ1) is 16.9. The topological polar surface area (TPSA) is 68.3 Å². The van der Waals surface area contributed by atoms with Crippen LogP contribution in [0.1, 0.15) is 25.7 Å². The van der Waals surface area contributed by atoms with Crippen LogP contribution in [-0.4, -0.2) is 62.6 Å². The summed E-state index contributed by atoms with van der Waals surface area (Å²) in [6.45, 7) is 3.49. The van der Waals surface area contributed by atoms with Crippen molar-refractivity contribution in [3.8, 4) is 11.5 Å². The molecule has 0 aliphatic carbocycles. The molecule has 0 fully saturated rings. The van der Waals surface area contributed by atoms with Crippen LogP contribution in [0.25, 0.3) is 0 Å². The van der Waals surface area contributed by atoms with Gasteiger partial charge in [0.05, 0.1) is 27.4 Å². The molecule has 35 heavy (non-hydrogen) atoms. The summed E-state index contributed by atoms with van der Waals surface area (Å²) in [6.07, 6.45) is 0. The van der Waals surface area contributed by atoms with Crippen molar-refractivity contribution >= 4 is 23.2 Å². The number of nitrogens with zero attached hydrogens (tertiary/aromatic N) is 2. The molecule has 0 radical (unpaired) electrons. The molecular formula is C27H32N2O5S. The van der Waals surface area contributed by atoms with Crippen LogP contribution in [0.3, 0.4) is 0 Å². The molecule has 7 nitrogen and oxygen atoms in total. The van der Waals surface area contributed by atoms with Gasteiger partial charge in [-0.2, -0.15) is 0 Å². The number of carbonyl (C=O) groups is 2. The van der Waals surface area contributed by atoms with Crippen molar-refractivity contribution in [1.82, 2.24) is 9.80 Å². The molecule has 3 rings (SSSR count). The first-order valence-electron chi connectivity index (χ1n) is 11.3. The maximum atomic E-state index is 13.6. The Labute approximate surface area is 210 Å². The Balaban J connectivity index is 1.84. The van der Waals surface area contributed by atoms with Crippen LogP contribution in [0.5, 0.6) is 11.5 Å². The van der Waals surface area contributed by atoms with Crippen LogP contribution in [0, 0.1) is 6.92 Å². The quantitative estimate of drug-likeness (QED) is 0.372. The predicted octanol–water partition coefficient (Wildman–Crippen LogP) is 4.39. The van der Waals surface area contributed by atoms with E-state index in [1.54, 1.807) is 41.5 Å². The van der Waals surface area contributed by atoms with Gasteiger partial charge in [-0.25, -0.2) is 0 Å². The van der Waals surface area contributed by atoms with Crippen LogP contribution in [0.4, 0.5) is 0 Å². The van der Waals surface area contributed by atoms with Gasteiger partial charge in [0.1, 0.15) is 18.0 Å². The number of carbonyl (C=O) groups excluding carboxylic acids is 2. The van der Waals surface area contributed by atoms with E-state index in [1.807, 2.05) is 43.3 Å². The molecule has 0 atom stereocenters. The van der Waals surface area contributed by atoms with E-state index in [0.717, 1.165) is 10.4 Å². The van der Waals surface area contributed by atoms with E-state index in [9.17, 15) is 9.59 Å². The van der Waals surface area contributed by atoms with E-state index in [-0.39, 0.29) is 24.9 Å². The van der Waals surface area contributed by atoms with Crippen molar-refractivity contribution in [3.63, 3.8) is 0 Å². The first-order valence-corrected chi connectivity index (χ1v) is 12.1. The first kappa shape index (κ1) is 26.2. The number of ether oxygens (including phenoxy) is 3. The van der Waals surface area contributed by atoms with Gasteiger partial charge in [-0.15, -0.1) is 11.3 Å². The third kappa shape index (κ3) is 7.56. The summed E-state index contributed by atoms with van der Waals surface area (Å²) >= 11 is 1.67. The molecule has 0 aliphatic rings. The Morgan fingerprint density at radius 3 is 2.11 bits per heavy atom. The number of thiophene rings is 1. The normalized spacial score (nSPS) is 10.6. The number of hydrogen-bond donors (Lipinski definition) is 0. The fourth-order valence-electron chi connectivity index (χ4n) is 3.62. The molecule has 0 bridgehead atoms. The molecule has 0 unspecified atom stereocenters. The van der Waals surface area contributed by atoms with Gasteiger partial charge in [0.25, 0.3) is 5.91 Å². The summed E-state index contributed by atoms with van der Waals surface area (Å²) < 4.78 is 15.8. The van der Waals surface area contributed by atoms with Crippen molar-refractivity contribution in [2.45, 2.75) is 20.0 Å². The van der Waals surface area contributed by atoms with E-state index in [2.05, 4.69) is 6.07 Å². The van der Waals surface area contributed by atoms with E-state index in [1.165, 1.54) is 24.0 Å². The number of hydrogen-bond acceptors (Lipinski definition) is 6. The summed E-state index contributed by atoms with van der Waals surface area (Å²) in [5, 5.41) is 0. The van der Waals surface area contributed by atoms with Gasteiger partial charge >= 0.3 is 0 Å². The lowest BCUT2D eigenvalue weighted by molar-refractivity contribution is -0.133. The average Bonchev–Trinajstić information content (AvgIpc) is 3.30. The SMILES string of the molecule is COCCN(CC(=O)N(Cc1ccccc1)Cc1ccc(C)s1)C(=O)c1cc(OC)cc(OC)c1. The van der Waals surface area contributed by atoms with Crippen LogP contribution >= 0.6 is 11.3 Å². The number of amides is 2. The lowest BCUT2D eigenvalue weighted by atomic mass is 10.1. The Morgan fingerprint density at radius 1 is 0.857 bits per heavy atom. The zero-order chi connectivity index (χ0) is 25.2. The highest BCUT2D eigenvalue weighted by molar-refractivity contribution is 7.11. The lowest BCUT2D eigenvalue weighted by Crippen LogP contribution is -2.43. The Bertz CT molecular complexity index is 1090. The highest BCUT2D eigenvalue weighted by atomic mass is 32.1. The summed E-state index contributed by atoms with van der Waals surface area (Å²) in [6, 6.07) is 18.9. The largest absolute Gasteiger partial charge is 0.497 e. The number of benzene rings is 2. The molecule has 0 spiro atoms. The Kier molecular flexibility index (Phi) is 9.69. The summed E-state index contributed by atoms with van der Waals surface area (Å²) in [7, 11) is 4.63. The molecule has 0 saturated heterocycles. The number of aryl methyl sites for hydroxylation is 1. The van der Waals surface area contributed by atoms with E-state index < -0.39 is 0 Å². The second-order valence-corrected chi connectivity index (χ2v) is 9.44. The number of rotatable bonds is 12. The van der Waals surface area contributed by atoms with Gasteiger partial charge in [-0.3, -0.25) is 9.59 Å². The average molecular weight is 497 g/mol. The molecule has 2 aromatic carbocycles. The van der Waals surface area contributed by atoms with E-state index >= 15 is 0 Å². The van der Waals surface area contributed by atoms with Gasteiger partial charge in [0.15, 0.2) is 0 Å². The van der Waals surface area contributed by atoms with Gasteiger partial charge in [0.2, 0.25) is 5.91 Å². The van der Waals surface area contributed by atoms with Crippen LogP contribution in [0.15, 0.2) is 60.7 Å². The predicted molar refractivity (Wildman–Crippen MR) is 137 cm³/mol. The molecule has 1 aromatic heterocycles. The Hall–Kier alpha value is -3.36. The van der Waals surface area contributed by atoms with Crippen molar-refractivity contribution in [2.75, 3.05) is 41.0 Å². The molecule has 0 aliphatic heterocycles. The monoisotopic (exact) mass is 496 g/mol. The van der Waals surface area contributed by atoms with Gasteiger partial charge in [-0.1, -0.05) is 30.3 Å². The van der Waals surface area contributed by atoms with Gasteiger partial charge in [0, 0.05) is 41.6 Å². The lowest BCUT2D eigenvalue weighted by Gasteiger charge is -2.28. The van der Waals surface area contributed by atoms with Crippen molar-refractivity contribution in [2.24, 2.45) is 0 Å². The van der Waals surface area contributed by atoms with Crippen LogP contribution in [-0.2, 0) is 22.6 Å². The smallest absolute Gasteiger partial charge is 0.254 e. The van der Waals surface area contributed by atoms with Crippen molar-refractivity contribution in [1.29, 1.82) is 0 Å². The molecular weight excluding hydrogens is 464 g/mol. The highest BCUT2D eigenvalue weighted by Crippen LogP contribution is 2.24. The second kappa shape index (κ2) is 12.9. The standard InChI is InChI=1S/C27H32N2O5S/c1-20-10-11-25(35-20)18-29(17-21-8-6-5-7-9-21)26(30)19-28(12-13-32-2)27(31)22-14-23(33-3)16-24(15-22)34-4/h5-11,14-16H,12-13,17-19H2,1-4H3. The molecule has 0 saturated carbocycles. The van der Waals surface area contributed by atoms with Crippen LogP contribution < -0.4 is 9.47 Å². The summed E-state index contributed by atoms with van der Waals surface area (Å²) in [4.78, 5) is 32.6. The molecule has 0 N–H and O–H groups in total. The van der Waals surface area contributed by atoms with E-state index in [4.69, 9.17) is 14.2 Å². The molecule has 3 aromatic rings. The molecule has 1 heterocycles. The zero-order valence-corrected chi connectivity index (χ0v) is 21.5. The fourth-order valence-corrected chi connectivity index (χ4v) is 4.53. The van der Waals surface area contributed by atoms with Crippen molar-refractivity contribution in [3.05, 3.63) is 81.5 Å². The van der Waals surface area contributed by atoms with Crippen LogP contribution in [0.2, 0.25) is 0 Å². The maximum absolute atomic E-state index is 13.6. The minimum atomic E-state index is -0.292. The Morgan fingerprint density at radius 2 is 1.54 bits per heavy atom. The third-order valence-electron chi connectivity index (χ3n) is 5.49. The summed E-state index contributed by atoms with van der Waals surface area (Å²) in [5.74, 6) is 0.576. The second-order valence-electron chi connectivity index (χ2n) is 8.07. The summed E-state index contributed by atoms with van der Waals surface area (Å²) in [5.41, 5.74) is 1.41. The minimum absolute atomic E-state index is 0.0705. The van der Waals surface area contributed by atoms with Gasteiger partial charge in [-0.05, 0) is 36.8 Å². The number of methoxy groups -OCH3 is 3. The molecule has 2 amide bonds. The van der Waals surface area contributed by atoms with Crippen molar-refractivity contribution < 1.29 is 23.8 Å². The molecule has 8 heteroatoms.